The first-order valence-electron chi connectivity index (χ1n) is 15.6. The molecule has 0 atom stereocenters. The molecule has 0 bridgehead atoms. The molecule has 1 aliphatic rings. The van der Waals surface area contributed by atoms with E-state index < -0.39 is 9.84 Å². The Hall–Kier alpha value is -3.23. The fraction of sp³-hybridized carbons (Fsp3) is 0.500. The third-order valence-electron chi connectivity index (χ3n) is 7.63. The summed E-state index contributed by atoms with van der Waals surface area (Å²) in [6.07, 6.45) is 13.2. The van der Waals surface area contributed by atoms with E-state index >= 15 is 0 Å². The standard InChI is InChI=1S/C20H33NO2S.C13H14NO.C2H4O.CH4O/c1-5-7-12-20(13-8-6-2)14-11-17-15-18(21(3)4)9-10-19(17)24(22,23)16-20;1-14-9-7-12(8-10-14)11-15-13-5-3-2-4-6-13;1-2-3;1-2/h9-10,15H,5-8,11-14,16H2,1-4H3;2-10H,11H2,1H3;2H,1H3;2H,1H3/q;+1;;. The molecule has 2 aromatic carbocycles. The van der Waals surface area contributed by atoms with Crippen LogP contribution >= 0.6 is 0 Å². The molecule has 44 heavy (non-hydrogen) atoms. The number of hydrogen-bond acceptors (Lipinski definition) is 6. The predicted octanol–water partition coefficient (Wildman–Crippen LogP) is 6.74. The first-order valence-corrected chi connectivity index (χ1v) is 17.2. The van der Waals surface area contributed by atoms with Gasteiger partial charge in [-0.15, -0.1) is 0 Å². The van der Waals surface area contributed by atoms with Crippen molar-refractivity contribution in [1.82, 2.24) is 0 Å². The van der Waals surface area contributed by atoms with E-state index in [1.807, 2.05) is 85.5 Å². The molecule has 244 valence electrons. The summed E-state index contributed by atoms with van der Waals surface area (Å²) < 4.78 is 33.8. The van der Waals surface area contributed by atoms with Crippen LogP contribution < -0.4 is 14.2 Å². The number of benzene rings is 2. The van der Waals surface area contributed by atoms with Crippen molar-refractivity contribution in [2.45, 2.75) is 83.6 Å². The normalized spacial score (nSPS) is 14.0. The van der Waals surface area contributed by atoms with E-state index in [2.05, 4.69) is 32.0 Å². The number of aryl methyl sites for hydroxylation is 2. The minimum Gasteiger partial charge on any atom is -0.489 e. The maximum atomic E-state index is 13.1. The second-order valence-electron chi connectivity index (χ2n) is 11.4. The molecule has 2 heterocycles. The molecule has 0 fully saturated rings. The van der Waals surface area contributed by atoms with Crippen molar-refractivity contribution >= 4 is 21.8 Å². The fourth-order valence-corrected chi connectivity index (χ4v) is 7.46. The van der Waals surface area contributed by atoms with Crippen LogP contribution in [0.5, 0.6) is 5.75 Å². The molecule has 0 radical (unpaired) electrons. The summed E-state index contributed by atoms with van der Waals surface area (Å²) in [5.74, 6) is 1.24. The molecular weight excluding hydrogens is 572 g/mol. The molecule has 8 heteroatoms. The number of aldehydes is 1. The largest absolute Gasteiger partial charge is 0.489 e. The van der Waals surface area contributed by atoms with E-state index in [0.717, 1.165) is 81.8 Å². The Morgan fingerprint density at radius 1 is 0.955 bits per heavy atom. The SMILES string of the molecule is CC=O.CCCCC1(CCCC)CCc2cc(N(C)C)ccc2S(=O)(=O)C1.CO.C[n+]1ccc(COc2ccccc2)cc1. The highest BCUT2D eigenvalue weighted by atomic mass is 32.2. The minimum absolute atomic E-state index is 0.0395. The van der Waals surface area contributed by atoms with Gasteiger partial charge in [-0.25, -0.2) is 13.0 Å². The lowest BCUT2D eigenvalue weighted by Gasteiger charge is -2.32. The van der Waals surface area contributed by atoms with Gasteiger partial charge in [-0.3, -0.25) is 0 Å². The number of pyridine rings is 1. The predicted molar refractivity (Wildman–Crippen MR) is 181 cm³/mol. The Balaban J connectivity index is 0.000000412. The number of ether oxygens (including phenoxy) is 1. The summed E-state index contributed by atoms with van der Waals surface area (Å²) in [6, 6.07) is 19.8. The molecule has 0 unspecified atom stereocenters. The molecule has 0 saturated carbocycles. The van der Waals surface area contributed by atoms with Gasteiger partial charge in [0.15, 0.2) is 22.2 Å². The third-order valence-corrected chi connectivity index (χ3v) is 9.69. The van der Waals surface area contributed by atoms with Crippen molar-refractivity contribution < 1.29 is 27.6 Å². The summed E-state index contributed by atoms with van der Waals surface area (Å²) in [5.41, 5.74) is 3.23. The first-order chi connectivity index (χ1) is 21.1. The average molecular weight is 628 g/mol. The van der Waals surface area contributed by atoms with Crippen LogP contribution in [-0.2, 0) is 34.7 Å². The number of nitrogens with zero attached hydrogens (tertiary/aromatic N) is 2. The number of aliphatic hydroxyl groups excluding tert-OH is 1. The molecule has 4 rings (SSSR count). The maximum Gasteiger partial charge on any atom is 0.179 e. The van der Waals surface area contributed by atoms with Crippen LogP contribution in [0.4, 0.5) is 5.69 Å². The van der Waals surface area contributed by atoms with E-state index in [1.54, 1.807) is 0 Å². The lowest BCUT2D eigenvalue weighted by Crippen LogP contribution is -2.29. The van der Waals surface area contributed by atoms with E-state index in [1.165, 1.54) is 12.5 Å². The number of unbranched alkanes of at least 4 members (excludes halogenated alkanes) is 2. The quantitative estimate of drug-likeness (QED) is 0.198. The van der Waals surface area contributed by atoms with Crippen LogP contribution in [0.25, 0.3) is 0 Å². The zero-order valence-corrected chi connectivity index (χ0v) is 28.8. The van der Waals surface area contributed by atoms with Crippen molar-refractivity contribution in [3.05, 3.63) is 84.2 Å². The molecule has 0 saturated heterocycles. The molecule has 0 spiro atoms. The van der Waals surface area contributed by atoms with Crippen LogP contribution in [0.1, 0.15) is 76.8 Å². The van der Waals surface area contributed by atoms with Crippen molar-refractivity contribution in [3.63, 3.8) is 0 Å². The van der Waals surface area contributed by atoms with Crippen LogP contribution in [0.3, 0.4) is 0 Å². The van der Waals surface area contributed by atoms with Crippen LogP contribution in [0.15, 0.2) is 78.0 Å². The lowest BCUT2D eigenvalue weighted by atomic mass is 9.75. The van der Waals surface area contributed by atoms with E-state index in [4.69, 9.17) is 14.6 Å². The Morgan fingerprint density at radius 3 is 2.05 bits per heavy atom. The van der Waals surface area contributed by atoms with Crippen molar-refractivity contribution in [3.8, 4) is 5.75 Å². The molecule has 1 aromatic heterocycles. The Kier molecular flexibility index (Phi) is 18.2. The third kappa shape index (κ3) is 13.2. The maximum absolute atomic E-state index is 13.1. The highest BCUT2D eigenvalue weighted by molar-refractivity contribution is 7.91. The number of carbonyl (C=O) groups is 1. The van der Waals surface area contributed by atoms with Gasteiger partial charge < -0.3 is 19.5 Å². The van der Waals surface area contributed by atoms with Gasteiger partial charge in [0.1, 0.15) is 25.7 Å². The second kappa shape index (κ2) is 20.7. The van der Waals surface area contributed by atoms with Gasteiger partial charge in [0.25, 0.3) is 0 Å². The Bertz CT molecular complexity index is 1300. The van der Waals surface area contributed by atoms with E-state index in [9.17, 15) is 8.42 Å². The molecule has 3 aromatic rings. The smallest absolute Gasteiger partial charge is 0.179 e. The molecular formula is C36H55N2O5S+. The Labute approximate surface area is 266 Å². The Morgan fingerprint density at radius 2 is 1.52 bits per heavy atom. The number of anilines is 1. The summed E-state index contributed by atoms with van der Waals surface area (Å²) in [7, 11) is 3.79. The fourth-order valence-electron chi connectivity index (χ4n) is 5.23. The first kappa shape index (κ1) is 38.8. The number of fused-ring (bicyclic) bond motifs is 1. The number of aromatic nitrogens is 1. The van der Waals surface area contributed by atoms with Crippen LogP contribution in [0.2, 0.25) is 0 Å². The highest BCUT2D eigenvalue weighted by Gasteiger charge is 2.38. The lowest BCUT2D eigenvalue weighted by molar-refractivity contribution is -0.671. The number of para-hydroxylation sites is 1. The van der Waals surface area contributed by atoms with Gasteiger partial charge in [0.2, 0.25) is 0 Å². The van der Waals surface area contributed by atoms with E-state index in [0.29, 0.717) is 17.3 Å². The summed E-state index contributed by atoms with van der Waals surface area (Å²) >= 11 is 0. The topological polar surface area (TPSA) is 87.8 Å². The van der Waals surface area contributed by atoms with E-state index in [-0.39, 0.29) is 5.41 Å². The number of carbonyl (C=O) groups excluding carboxylic acids is 1. The van der Waals surface area contributed by atoms with Gasteiger partial charge in [-0.1, -0.05) is 57.7 Å². The second-order valence-corrected chi connectivity index (χ2v) is 13.3. The molecule has 0 aliphatic carbocycles. The van der Waals surface area contributed by atoms with Gasteiger partial charge in [0.05, 0.1) is 10.6 Å². The summed E-state index contributed by atoms with van der Waals surface area (Å²) in [5, 5.41) is 7.00. The monoisotopic (exact) mass is 627 g/mol. The number of aliphatic hydroxyl groups is 1. The zero-order chi connectivity index (χ0) is 33.0. The van der Waals surface area contributed by atoms with Gasteiger partial charge in [0, 0.05) is 44.6 Å². The van der Waals surface area contributed by atoms with Gasteiger partial charge in [-0.2, -0.15) is 0 Å². The highest BCUT2D eigenvalue weighted by Crippen LogP contribution is 2.42. The van der Waals surface area contributed by atoms with Crippen molar-refractivity contribution in [1.29, 1.82) is 0 Å². The minimum atomic E-state index is -3.21. The molecule has 7 nitrogen and oxygen atoms in total. The molecule has 1 N–H and O–H groups in total. The zero-order valence-electron chi connectivity index (χ0n) is 28.0. The number of hydrogen-bond donors (Lipinski definition) is 1. The summed E-state index contributed by atoms with van der Waals surface area (Å²) in [4.78, 5) is 11.4. The molecule has 0 amide bonds. The molecule has 1 aliphatic heterocycles. The summed E-state index contributed by atoms with van der Waals surface area (Å²) in [6.45, 7) is 6.44. The van der Waals surface area contributed by atoms with Crippen LogP contribution in [0, 0.1) is 5.41 Å². The number of sulfone groups is 1. The average Bonchev–Trinajstić information content (AvgIpc) is 3.14. The number of rotatable bonds is 10. The van der Waals surface area contributed by atoms with Gasteiger partial charge >= 0.3 is 0 Å². The van der Waals surface area contributed by atoms with Crippen molar-refractivity contribution in [2.75, 3.05) is 31.9 Å². The van der Waals surface area contributed by atoms with Crippen molar-refractivity contribution in [2.24, 2.45) is 12.5 Å². The van der Waals surface area contributed by atoms with Crippen LogP contribution in [-0.4, -0.2) is 46.8 Å². The van der Waals surface area contributed by atoms with Gasteiger partial charge in [-0.05, 0) is 73.9 Å².